The quantitative estimate of drug-likeness (QED) is 0.826. The molecule has 0 amide bonds. The number of thiophene rings is 1. The largest absolute Gasteiger partial charge is 0.353 e. The average Bonchev–Trinajstić information content (AvgIpc) is 3.19. The van der Waals surface area contributed by atoms with Gasteiger partial charge in [0, 0.05) is 56.5 Å². The molecule has 2 aromatic rings. The highest BCUT2D eigenvalue weighted by Gasteiger charge is 2.27. The van der Waals surface area contributed by atoms with Gasteiger partial charge in [-0.1, -0.05) is 0 Å². The highest BCUT2D eigenvalue weighted by Crippen LogP contribution is 2.24. The first-order valence-electron chi connectivity index (χ1n) is 8.47. The van der Waals surface area contributed by atoms with E-state index in [4.69, 9.17) is 0 Å². The Morgan fingerprint density at radius 3 is 2.44 bits per heavy atom. The minimum Gasteiger partial charge on any atom is -0.353 e. The maximum Gasteiger partial charge on any atom is 0.250 e. The van der Waals surface area contributed by atoms with Crippen LogP contribution >= 0.6 is 11.3 Å². The van der Waals surface area contributed by atoms with Gasteiger partial charge in [0.15, 0.2) is 0 Å². The number of nitrogens with one attached hydrogen (secondary N) is 1. The van der Waals surface area contributed by atoms with Crippen molar-refractivity contribution in [2.75, 3.05) is 39.8 Å². The van der Waals surface area contributed by atoms with Gasteiger partial charge in [0.1, 0.15) is 4.21 Å². The Bertz CT molecular complexity index is 804. The van der Waals surface area contributed by atoms with Gasteiger partial charge in [-0.2, -0.15) is 0 Å². The predicted octanol–water partition coefficient (Wildman–Crippen LogP) is 1.66. The monoisotopic (exact) mass is 382 g/mol. The van der Waals surface area contributed by atoms with Crippen LogP contribution < -0.4 is 4.72 Å². The summed E-state index contributed by atoms with van der Waals surface area (Å²) in [5.74, 6) is 0. The molecule has 25 heavy (non-hydrogen) atoms. The summed E-state index contributed by atoms with van der Waals surface area (Å²) in [6.07, 6.45) is 2.01. The fourth-order valence-electron chi connectivity index (χ4n) is 3.19. The van der Waals surface area contributed by atoms with Gasteiger partial charge >= 0.3 is 0 Å². The van der Waals surface area contributed by atoms with Crippen molar-refractivity contribution in [1.82, 2.24) is 19.1 Å². The number of hydrogen-bond donors (Lipinski definition) is 1. The number of hydrogen-bond acceptors (Lipinski definition) is 5. The minimum absolute atomic E-state index is 0.0320. The lowest BCUT2D eigenvalue weighted by atomic mass is 10.1. The molecule has 6 nitrogen and oxygen atoms in total. The van der Waals surface area contributed by atoms with Gasteiger partial charge in [0.25, 0.3) is 0 Å². The molecule has 0 bridgehead atoms. The molecule has 0 saturated carbocycles. The van der Waals surface area contributed by atoms with Gasteiger partial charge in [0.2, 0.25) is 10.0 Å². The summed E-state index contributed by atoms with van der Waals surface area (Å²) in [4.78, 5) is 5.67. The zero-order valence-corrected chi connectivity index (χ0v) is 16.6. The number of sulfonamides is 1. The van der Waals surface area contributed by atoms with Crippen molar-refractivity contribution < 1.29 is 8.42 Å². The van der Waals surface area contributed by atoms with E-state index in [2.05, 4.69) is 32.2 Å². The molecule has 138 valence electrons. The Kier molecular flexibility index (Phi) is 5.65. The summed E-state index contributed by atoms with van der Waals surface area (Å²) < 4.78 is 30.5. The summed E-state index contributed by atoms with van der Waals surface area (Å²) >= 11 is 1.31. The van der Waals surface area contributed by atoms with E-state index in [1.807, 2.05) is 32.3 Å². The molecule has 8 heteroatoms. The lowest BCUT2D eigenvalue weighted by Crippen LogP contribution is -2.48. The second kappa shape index (κ2) is 7.59. The Labute approximate surface area is 154 Å². The molecule has 1 aliphatic heterocycles. The number of nitrogens with zero attached hydrogens (tertiary/aromatic N) is 3. The van der Waals surface area contributed by atoms with Crippen molar-refractivity contribution in [3.63, 3.8) is 0 Å². The highest BCUT2D eigenvalue weighted by atomic mass is 32.2. The van der Waals surface area contributed by atoms with Crippen LogP contribution in [0.4, 0.5) is 0 Å². The molecule has 3 rings (SSSR count). The van der Waals surface area contributed by atoms with Crippen molar-refractivity contribution in [2.24, 2.45) is 7.05 Å². The fourth-order valence-corrected chi connectivity index (χ4v) is 5.56. The molecule has 1 saturated heterocycles. The van der Waals surface area contributed by atoms with Crippen LogP contribution in [-0.2, 0) is 17.1 Å². The van der Waals surface area contributed by atoms with Crippen LogP contribution in [0.1, 0.15) is 16.6 Å². The van der Waals surface area contributed by atoms with Gasteiger partial charge in [0.05, 0.1) is 6.04 Å². The van der Waals surface area contributed by atoms with Crippen LogP contribution in [0.25, 0.3) is 0 Å². The summed E-state index contributed by atoms with van der Waals surface area (Å²) in [5, 5.41) is 0. The maximum atomic E-state index is 12.6. The van der Waals surface area contributed by atoms with Crippen molar-refractivity contribution in [3.8, 4) is 0 Å². The number of aromatic nitrogens is 1. The molecule has 0 spiro atoms. The van der Waals surface area contributed by atoms with E-state index in [1.54, 1.807) is 6.07 Å². The van der Waals surface area contributed by atoms with E-state index in [1.165, 1.54) is 11.3 Å². The molecule has 1 atom stereocenters. The van der Waals surface area contributed by atoms with Crippen LogP contribution in [0.5, 0.6) is 0 Å². The van der Waals surface area contributed by atoms with Crippen LogP contribution in [0.3, 0.4) is 0 Å². The summed E-state index contributed by atoms with van der Waals surface area (Å²) in [6.45, 7) is 6.16. The molecular formula is C17H26N4O2S2. The zero-order chi connectivity index (χ0) is 18.0. The Hall–Kier alpha value is -1.19. The molecule has 2 aromatic heterocycles. The van der Waals surface area contributed by atoms with Crippen molar-refractivity contribution in [2.45, 2.75) is 17.2 Å². The second-order valence-corrected chi connectivity index (χ2v) is 9.90. The van der Waals surface area contributed by atoms with Crippen molar-refractivity contribution >= 4 is 21.4 Å². The third-order valence-electron chi connectivity index (χ3n) is 4.75. The van der Waals surface area contributed by atoms with E-state index < -0.39 is 10.0 Å². The zero-order valence-electron chi connectivity index (χ0n) is 15.0. The molecular weight excluding hydrogens is 356 g/mol. The Balaban J connectivity index is 1.77. The van der Waals surface area contributed by atoms with E-state index >= 15 is 0 Å². The van der Waals surface area contributed by atoms with Gasteiger partial charge in [-0.15, -0.1) is 11.3 Å². The van der Waals surface area contributed by atoms with Crippen LogP contribution in [0, 0.1) is 6.92 Å². The molecule has 1 N–H and O–H groups in total. The van der Waals surface area contributed by atoms with Crippen molar-refractivity contribution in [1.29, 1.82) is 0 Å². The molecule has 0 radical (unpaired) electrons. The minimum atomic E-state index is -3.47. The summed E-state index contributed by atoms with van der Waals surface area (Å²) in [7, 11) is 0.665. The normalized spacial score (nSPS) is 18.5. The fraction of sp³-hybridized carbons (Fsp3) is 0.529. The SMILES string of the molecule is Cc1ccc(S(=O)(=O)NCC(c2cccn2C)N2CCN(C)CC2)s1. The van der Waals surface area contributed by atoms with Gasteiger partial charge in [-0.3, -0.25) is 4.90 Å². The van der Waals surface area contributed by atoms with Gasteiger partial charge < -0.3 is 9.47 Å². The van der Waals surface area contributed by atoms with E-state index in [0.29, 0.717) is 10.8 Å². The second-order valence-electron chi connectivity index (χ2n) is 6.62. The van der Waals surface area contributed by atoms with E-state index in [9.17, 15) is 8.42 Å². The van der Waals surface area contributed by atoms with Gasteiger partial charge in [-0.05, 0) is 38.2 Å². The molecule has 0 aromatic carbocycles. The number of piperazine rings is 1. The van der Waals surface area contributed by atoms with Crippen LogP contribution in [0.15, 0.2) is 34.7 Å². The first-order valence-corrected chi connectivity index (χ1v) is 10.8. The molecule has 1 unspecified atom stereocenters. The predicted molar refractivity (Wildman–Crippen MR) is 101 cm³/mol. The topological polar surface area (TPSA) is 57.6 Å². The smallest absolute Gasteiger partial charge is 0.250 e. The van der Waals surface area contributed by atoms with Crippen LogP contribution in [0.2, 0.25) is 0 Å². The van der Waals surface area contributed by atoms with E-state index in [-0.39, 0.29) is 6.04 Å². The molecule has 0 aliphatic carbocycles. The Morgan fingerprint density at radius 2 is 1.88 bits per heavy atom. The first kappa shape index (κ1) is 18.6. The van der Waals surface area contributed by atoms with Gasteiger partial charge in [-0.25, -0.2) is 13.1 Å². The maximum absolute atomic E-state index is 12.6. The average molecular weight is 383 g/mol. The molecule has 1 aliphatic rings. The van der Waals surface area contributed by atoms with E-state index in [0.717, 1.165) is 36.8 Å². The van der Waals surface area contributed by atoms with Crippen LogP contribution in [-0.4, -0.2) is 62.6 Å². The van der Waals surface area contributed by atoms with Crippen molar-refractivity contribution in [3.05, 3.63) is 41.0 Å². The first-order chi connectivity index (χ1) is 11.9. The third-order valence-corrected chi connectivity index (χ3v) is 7.67. The summed E-state index contributed by atoms with van der Waals surface area (Å²) in [5.41, 5.74) is 1.13. The standard InChI is InChI=1S/C17H26N4O2S2/c1-14-6-7-17(24-14)25(22,23)18-13-16(15-5-4-8-20(15)3)21-11-9-19(2)10-12-21/h4-8,16,18H,9-13H2,1-3H3. The Morgan fingerprint density at radius 1 is 1.16 bits per heavy atom. The highest BCUT2D eigenvalue weighted by molar-refractivity contribution is 7.91. The number of rotatable bonds is 6. The molecule has 3 heterocycles. The third kappa shape index (κ3) is 4.32. The lowest BCUT2D eigenvalue weighted by molar-refractivity contribution is 0.109. The number of aryl methyl sites for hydroxylation is 2. The lowest BCUT2D eigenvalue weighted by Gasteiger charge is -2.38. The molecule has 1 fully saturated rings. The summed E-state index contributed by atoms with van der Waals surface area (Å²) in [6, 6.07) is 7.64. The number of likely N-dealkylation sites (N-methyl/N-ethyl adjacent to an activating group) is 1.